The molecule has 1 aliphatic heterocycles. The van der Waals surface area contributed by atoms with Crippen molar-refractivity contribution in [2.75, 3.05) is 6.54 Å². The highest BCUT2D eigenvalue weighted by molar-refractivity contribution is 5.92. The zero-order valence-electron chi connectivity index (χ0n) is 11.5. The van der Waals surface area contributed by atoms with Crippen LogP contribution in [0.4, 0.5) is 8.78 Å². The number of hydrogen-bond donors (Lipinski definition) is 0. The largest absolute Gasteiger partial charge is 0.459 e. The Hall–Kier alpha value is -2.25. The second kappa shape index (κ2) is 4.62. The summed E-state index contributed by atoms with van der Waals surface area (Å²) in [5.41, 5.74) is 0. The van der Waals surface area contributed by atoms with E-state index < -0.39 is 30.8 Å². The van der Waals surface area contributed by atoms with E-state index >= 15 is 0 Å². The van der Waals surface area contributed by atoms with E-state index in [-0.39, 0.29) is 17.6 Å². The summed E-state index contributed by atoms with van der Waals surface area (Å²) in [6, 6.07) is 2.06. The van der Waals surface area contributed by atoms with Gasteiger partial charge in [-0.25, -0.2) is 8.78 Å². The second-order valence-electron chi connectivity index (χ2n) is 5.75. The number of carbonyl (C=O) groups excluding carboxylic acids is 1. The first-order valence-electron chi connectivity index (χ1n) is 7.09. The van der Waals surface area contributed by atoms with E-state index in [1.165, 1.54) is 18.4 Å². The Morgan fingerprint density at radius 2 is 2.23 bits per heavy atom. The zero-order valence-corrected chi connectivity index (χ0v) is 11.5. The molecular formula is C14H13F2N3O3. The van der Waals surface area contributed by atoms with Gasteiger partial charge in [0.05, 0.1) is 12.8 Å². The lowest BCUT2D eigenvalue weighted by Crippen LogP contribution is -2.32. The number of aromatic nitrogens is 2. The number of nitrogens with zero attached hydrogens (tertiary/aromatic N) is 3. The standard InChI is InChI=1S/C14H13F2N3O3/c15-14(16)6-9(12-17-11(18-22-12)8-3-4-8)19(7-14)13(20)10-2-1-5-21-10/h1-2,5,8-9H,3-4,6-7H2/t9-/m0/s1. The van der Waals surface area contributed by atoms with Crippen LogP contribution in [0.15, 0.2) is 27.3 Å². The molecule has 22 heavy (non-hydrogen) atoms. The molecule has 0 radical (unpaired) electrons. The first-order valence-corrected chi connectivity index (χ1v) is 7.09. The molecule has 0 aromatic carbocycles. The topological polar surface area (TPSA) is 72.4 Å². The highest BCUT2D eigenvalue weighted by atomic mass is 19.3. The van der Waals surface area contributed by atoms with Crippen LogP contribution in [0.2, 0.25) is 0 Å². The van der Waals surface area contributed by atoms with Crippen LogP contribution in [0.25, 0.3) is 0 Å². The quantitative estimate of drug-likeness (QED) is 0.871. The number of rotatable bonds is 3. The maximum absolute atomic E-state index is 13.8. The minimum Gasteiger partial charge on any atom is -0.459 e. The van der Waals surface area contributed by atoms with Crippen LogP contribution in [0.5, 0.6) is 0 Å². The van der Waals surface area contributed by atoms with Gasteiger partial charge in [0.2, 0.25) is 5.89 Å². The summed E-state index contributed by atoms with van der Waals surface area (Å²) in [4.78, 5) is 17.6. The highest BCUT2D eigenvalue weighted by Crippen LogP contribution is 2.43. The molecule has 2 aromatic rings. The number of alkyl halides is 2. The van der Waals surface area contributed by atoms with Crippen LogP contribution in [0.3, 0.4) is 0 Å². The number of amides is 1. The molecule has 116 valence electrons. The van der Waals surface area contributed by atoms with Crippen molar-refractivity contribution < 1.29 is 22.5 Å². The summed E-state index contributed by atoms with van der Waals surface area (Å²) in [6.45, 7) is -0.682. The minimum atomic E-state index is -2.98. The Balaban J connectivity index is 1.63. The van der Waals surface area contributed by atoms with E-state index in [1.54, 1.807) is 0 Å². The Morgan fingerprint density at radius 3 is 2.91 bits per heavy atom. The van der Waals surface area contributed by atoms with Gasteiger partial charge in [0, 0.05) is 12.3 Å². The number of hydrogen-bond acceptors (Lipinski definition) is 5. The lowest BCUT2D eigenvalue weighted by molar-refractivity contribution is 0.0113. The highest BCUT2D eigenvalue weighted by Gasteiger charge is 2.50. The molecular weight excluding hydrogens is 296 g/mol. The van der Waals surface area contributed by atoms with Crippen molar-refractivity contribution in [3.05, 3.63) is 35.9 Å². The monoisotopic (exact) mass is 309 g/mol. The average molecular weight is 309 g/mol. The van der Waals surface area contributed by atoms with Crippen molar-refractivity contribution in [1.82, 2.24) is 15.0 Å². The zero-order chi connectivity index (χ0) is 15.3. The molecule has 0 bridgehead atoms. The fraction of sp³-hybridized carbons (Fsp3) is 0.500. The van der Waals surface area contributed by atoms with Crippen LogP contribution in [-0.4, -0.2) is 33.4 Å². The maximum atomic E-state index is 13.8. The van der Waals surface area contributed by atoms with Gasteiger partial charge in [-0.2, -0.15) is 4.98 Å². The molecule has 6 nitrogen and oxygen atoms in total. The second-order valence-corrected chi connectivity index (χ2v) is 5.75. The van der Waals surface area contributed by atoms with E-state index in [2.05, 4.69) is 10.1 Å². The Kier molecular flexibility index (Phi) is 2.82. The van der Waals surface area contributed by atoms with Crippen molar-refractivity contribution in [3.8, 4) is 0 Å². The molecule has 2 aliphatic rings. The molecule has 0 unspecified atom stereocenters. The van der Waals surface area contributed by atoms with E-state index in [0.717, 1.165) is 17.7 Å². The van der Waals surface area contributed by atoms with Gasteiger partial charge in [0.25, 0.3) is 11.8 Å². The van der Waals surface area contributed by atoms with E-state index in [4.69, 9.17) is 8.94 Å². The van der Waals surface area contributed by atoms with Gasteiger partial charge < -0.3 is 13.8 Å². The molecule has 1 atom stereocenters. The summed E-state index contributed by atoms with van der Waals surface area (Å²) in [5.74, 6) is -2.70. The molecule has 1 saturated heterocycles. The van der Waals surface area contributed by atoms with Crippen LogP contribution in [-0.2, 0) is 0 Å². The van der Waals surface area contributed by atoms with Crippen LogP contribution < -0.4 is 0 Å². The van der Waals surface area contributed by atoms with Crippen molar-refractivity contribution >= 4 is 5.91 Å². The molecule has 4 rings (SSSR count). The van der Waals surface area contributed by atoms with E-state index in [9.17, 15) is 13.6 Å². The van der Waals surface area contributed by atoms with Gasteiger partial charge in [-0.15, -0.1) is 0 Å². The fourth-order valence-electron chi connectivity index (χ4n) is 2.68. The van der Waals surface area contributed by atoms with Gasteiger partial charge >= 0.3 is 0 Å². The normalized spacial score (nSPS) is 23.9. The summed E-state index contributed by atoms with van der Waals surface area (Å²) in [5, 5.41) is 3.83. The summed E-state index contributed by atoms with van der Waals surface area (Å²) in [6.07, 6.45) is 2.77. The SMILES string of the molecule is O=C(c1ccco1)N1CC(F)(F)C[C@H]1c1nc(C2CC2)no1. The molecule has 0 spiro atoms. The lowest BCUT2D eigenvalue weighted by Gasteiger charge is -2.19. The Labute approximate surface area is 124 Å². The third-order valence-corrected chi connectivity index (χ3v) is 3.95. The summed E-state index contributed by atoms with van der Waals surface area (Å²) in [7, 11) is 0. The van der Waals surface area contributed by atoms with Crippen molar-refractivity contribution in [1.29, 1.82) is 0 Å². The van der Waals surface area contributed by atoms with E-state index in [0.29, 0.717) is 5.82 Å². The van der Waals surface area contributed by atoms with Crippen molar-refractivity contribution in [2.45, 2.75) is 37.1 Å². The predicted molar refractivity (Wildman–Crippen MR) is 68.3 cm³/mol. The molecule has 0 N–H and O–H groups in total. The molecule has 1 aliphatic carbocycles. The molecule has 1 amide bonds. The van der Waals surface area contributed by atoms with Crippen LogP contribution in [0, 0.1) is 0 Å². The van der Waals surface area contributed by atoms with Crippen LogP contribution >= 0.6 is 0 Å². The maximum Gasteiger partial charge on any atom is 0.290 e. The molecule has 2 aromatic heterocycles. The van der Waals surface area contributed by atoms with Gasteiger partial charge in [-0.3, -0.25) is 4.79 Å². The minimum absolute atomic E-state index is 0.0182. The van der Waals surface area contributed by atoms with Crippen molar-refractivity contribution in [3.63, 3.8) is 0 Å². The lowest BCUT2D eigenvalue weighted by atomic mass is 10.2. The number of carbonyl (C=O) groups is 1. The van der Waals surface area contributed by atoms with Gasteiger partial charge in [-0.1, -0.05) is 5.16 Å². The number of likely N-dealkylation sites (tertiary alicyclic amines) is 1. The first kappa shape index (κ1) is 13.4. The fourth-order valence-corrected chi connectivity index (χ4v) is 2.68. The third-order valence-electron chi connectivity index (χ3n) is 3.95. The molecule has 8 heteroatoms. The number of furan rings is 1. The first-order chi connectivity index (χ1) is 10.5. The van der Waals surface area contributed by atoms with Gasteiger partial charge in [0.15, 0.2) is 11.6 Å². The summed E-state index contributed by atoms with van der Waals surface area (Å²) < 4.78 is 37.7. The van der Waals surface area contributed by atoms with E-state index in [1.807, 2.05) is 0 Å². The Bertz CT molecular complexity index is 694. The molecule has 2 fully saturated rings. The number of halogens is 2. The third kappa shape index (κ3) is 2.28. The molecule has 1 saturated carbocycles. The smallest absolute Gasteiger partial charge is 0.290 e. The van der Waals surface area contributed by atoms with Gasteiger partial charge in [0.1, 0.15) is 6.04 Å². The Morgan fingerprint density at radius 1 is 1.41 bits per heavy atom. The predicted octanol–water partition coefficient (Wildman–Crippen LogP) is 2.76. The summed E-state index contributed by atoms with van der Waals surface area (Å²) >= 11 is 0. The van der Waals surface area contributed by atoms with Gasteiger partial charge in [-0.05, 0) is 25.0 Å². The van der Waals surface area contributed by atoms with Crippen LogP contribution in [0.1, 0.15) is 53.5 Å². The molecule has 3 heterocycles. The average Bonchev–Trinajstić information content (AvgIpc) is 2.95. The van der Waals surface area contributed by atoms with Crippen molar-refractivity contribution in [2.24, 2.45) is 0 Å².